The summed E-state index contributed by atoms with van der Waals surface area (Å²) < 4.78 is 40.3. The number of carbonyl (C=O) groups is 4. The fourth-order valence-electron chi connectivity index (χ4n) is 4.99. The molecule has 2 saturated heterocycles. The number of esters is 4. The van der Waals surface area contributed by atoms with Crippen molar-refractivity contribution < 1.29 is 52.3 Å². The van der Waals surface area contributed by atoms with Crippen LogP contribution in [0.1, 0.15) is 65.7 Å². The Balaban J connectivity index is 1.91. The molecule has 2 aliphatic heterocycles. The van der Waals surface area contributed by atoms with Crippen LogP contribution in [0.2, 0.25) is 0 Å². The van der Waals surface area contributed by atoms with Gasteiger partial charge in [0.2, 0.25) is 0 Å². The minimum atomic E-state index is -0.971. The van der Waals surface area contributed by atoms with E-state index in [1.807, 2.05) is 0 Å². The lowest BCUT2D eigenvalue weighted by atomic mass is 9.90. The van der Waals surface area contributed by atoms with Crippen molar-refractivity contribution in [1.82, 2.24) is 0 Å². The Labute approximate surface area is 210 Å². The first-order valence-electron chi connectivity index (χ1n) is 12.3. The van der Waals surface area contributed by atoms with Crippen LogP contribution in [0.4, 0.5) is 0 Å². The third kappa shape index (κ3) is 7.27. The first kappa shape index (κ1) is 28.1. The Morgan fingerprint density at radius 3 is 2.25 bits per heavy atom. The monoisotopic (exact) mass is 512 g/mol. The van der Waals surface area contributed by atoms with Gasteiger partial charge < -0.3 is 33.2 Å². The molecule has 36 heavy (non-hydrogen) atoms. The van der Waals surface area contributed by atoms with Crippen LogP contribution in [0.3, 0.4) is 0 Å². The summed E-state index contributed by atoms with van der Waals surface area (Å²) in [6.45, 7) is 3.58. The van der Waals surface area contributed by atoms with E-state index >= 15 is 0 Å². The van der Waals surface area contributed by atoms with E-state index in [0.717, 1.165) is 19.3 Å². The van der Waals surface area contributed by atoms with E-state index in [9.17, 15) is 19.2 Å². The summed E-state index contributed by atoms with van der Waals surface area (Å²) in [6, 6.07) is 0. The van der Waals surface area contributed by atoms with Gasteiger partial charge in [-0.25, -0.2) is 0 Å². The number of hydrogen-bond donors (Lipinski definition) is 0. The molecule has 11 heteroatoms. The molecule has 1 aliphatic carbocycles. The van der Waals surface area contributed by atoms with Crippen LogP contribution in [-0.2, 0) is 52.3 Å². The first-order valence-corrected chi connectivity index (χ1v) is 12.3. The van der Waals surface area contributed by atoms with Crippen molar-refractivity contribution in [3.8, 4) is 0 Å². The number of hydrogen-bond acceptors (Lipinski definition) is 11. The standard InChI is InChI=1S/C25H36O11/c1-15(26)31-14-19(32-16(2)27)22-24-23(35-25(36-24)12-8-5-9-13-25)21(33-17(3)28)18(34-22)10-6-7-11-20(29)30-4/h6-7,18-19,21-24H,5,8-14H2,1-4H3/t18-,19+,21-,22-,23-,24?/m0/s1. The van der Waals surface area contributed by atoms with Gasteiger partial charge in [-0.2, -0.15) is 0 Å². The molecular formula is C25H36O11. The fraction of sp³-hybridized carbons (Fsp3) is 0.760. The minimum Gasteiger partial charge on any atom is -0.469 e. The molecule has 0 amide bonds. The van der Waals surface area contributed by atoms with E-state index in [2.05, 4.69) is 4.74 Å². The molecule has 0 aromatic heterocycles. The third-order valence-corrected chi connectivity index (χ3v) is 6.47. The first-order chi connectivity index (χ1) is 17.1. The highest BCUT2D eigenvalue weighted by Gasteiger charge is 2.60. The maximum absolute atomic E-state index is 12.0. The van der Waals surface area contributed by atoms with E-state index in [1.165, 1.54) is 27.9 Å². The summed E-state index contributed by atoms with van der Waals surface area (Å²) in [5, 5.41) is 0. The van der Waals surface area contributed by atoms with E-state index in [-0.39, 0.29) is 19.4 Å². The normalized spacial score (nSPS) is 29.8. The Bertz CT molecular complexity index is 832. The highest BCUT2D eigenvalue weighted by atomic mass is 16.8. The van der Waals surface area contributed by atoms with Gasteiger partial charge >= 0.3 is 23.9 Å². The second kappa shape index (κ2) is 12.6. The molecule has 11 nitrogen and oxygen atoms in total. The maximum atomic E-state index is 12.0. The number of rotatable bonds is 9. The van der Waals surface area contributed by atoms with Gasteiger partial charge in [0.15, 0.2) is 18.0 Å². The lowest BCUT2D eigenvalue weighted by Crippen LogP contribution is -2.61. The zero-order valence-electron chi connectivity index (χ0n) is 21.3. The average molecular weight is 513 g/mol. The Morgan fingerprint density at radius 1 is 0.944 bits per heavy atom. The average Bonchev–Trinajstić information content (AvgIpc) is 3.18. The van der Waals surface area contributed by atoms with Crippen molar-refractivity contribution in [3.63, 3.8) is 0 Å². The molecule has 3 fully saturated rings. The molecule has 0 aromatic carbocycles. The lowest BCUT2D eigenvalue weighted by Gasteiger charge is -2.43. The third-order valence-electron chi connectivity index (χ3n) is 6.47. The van der Waals surface area contributed by atoms with Gasteiger partial charge in [-0.05, 0) is 19.3 Å². The highest BCUT2D eigenvalue weighted by Crippen LogP contribution is 2.46. The van der Waals surface area contributed by atoms with Crippen LogP contribution >= 0.6 is 0 Å². The summed E-state index contributed by atoms with van der Waals surface area (Å²) >= 11 is 0. The van der Waals surface area contributed by atoms with Crippen molar-refractivity contribution in [2.75, 3.05) is 13.7 Å². The van der Waals surface area contributed by atoms with Crippen molar-refractivity contribution in [1.29, 1.82) is 0 Å². The summed E-state index contributed by atoms with van der Waals surface area (Å²) in [6.07, 6.45) is 3.19. The van der Waals surface area contributed by atoms with Gasteiger partial charge in [-0.1, -0.05) is 18.6 Å². The highest BCUT2D eigenvalue weighted by molar-refractivity contribution is 5.70. The zero-order valence-corrected chi connectivity index (χ0v) is 21.3. The molecule has 0 aromatic rings. The molecule has 1 saturated carbocycles. The van der Waals surface area contributed by atoms with Gasteiger partial charge in [-0.3, -0.25) is 19.2 Å². The number of fused-ring (bicyclic) bond motifs is 1. The zero-order chi connectivity index (χ0) is 26.3. The quantitative estimate of drug-likeness (QED) is 0.256. The minimum absolute atomic E-state index is 0.0716. The molecule has 0 radical (unpaired) electrons. The van der Waals surface area contributed by atoms with Crippen molar-refractivity contribution in [2.45, 2.75) is 108 Å². The fourth-order valence-corrected chi connectivity index (χ4v) is 4.99. The summed E-state index contributed by atoms with van der Waals surface area (Å²) in [4.78, 5) is 46.9. The van der Waals surface area contributed by atoms with Crippen molar-refractivity contribution in [3.05, 3.63) is 12.2 Å². The van der Waals surface area contributed by atoms with E-state index in [4.69, 9.17) is 28.4 Å². The van der Waals surface area contributed by atoms with Crippen LogP contribution in [0.25, 0.3) is 0 Å². The van der Waals surface area contributed by atoms with Crippen molar-refractivity contribution in [2.24, 2.45) is 0 Å². The van der Waals surface area contributed by atoms with Crippen LogP contribution in [-0.4, -0.2) is 80.0 Å². The molecule has 1 spiro atoms. The van der Waals surface area contributed by atoms with E-state index in [1.54, 1.807) is 12.2 Å². The topological polar surface area (TPSA) is 133 Å². The SMILES string of the molecule is COC(=O)CC=CC[C@@H]1O[C@@H]([C@@H](COC(C)=O)OC(C)=O)C2OC3(CCCCC3)O[C@H]2[C@H]1OC(C)=O. The van der Waals surface area contributed by atoms with Gasteiger partial charge in [-0.15, -0.1) is 0 Å². The summed E-state index contributed by atoms with van der Waals surface area (Å²) in [5.74, 6) is -2.87. The number of carbonyl (C=O) groups excluding carboxylic acids is 4. The molecule has 3 aliphatic rings. The molecular weight excluding hydrogens is 476 g/mol. The van der Waals surface area contributed by atoms with Gasteiger partial charge in [0.1, 0.15) is 31.0 Å². The molecule has 0 bridgehead atoms. The van der Waals surface area contributed by atoms with Crippen molar-refractivity contribution >= 4 is 23.9 Å². The second-order valence-corrected chi connectivity index (χ2v) is 9.29. The summed E-state index contributed by atoms with van der Waals surface area (Å²) in [5.41, 5.74) is 0. The molecule has 3 rings (SSSR count). The Kier molecular flexibility index (Phi) is 9.86. The smallest absolute Gasteiger partial charge is 0.309 e. The van der Waals surface area contributed by atoms with Crippen LogP contribution in [0.5, 0.6) is 0 Å². The van der Waals surface area contributed by atoms with Crippen LogP contribution < -0.4 is 0 Å². The van der Waals surface area contributed by atoms with Crippen LogP contribution in [0, 0.1) is 0 Å². The van der Waals surface area contributed by atoms with E-state index in [0.29, 0.717) is 12.8 Å². The second-order valence-electron chi connectivity index (χ2n) is 9.29. The Hall–Kier alpha value is -2.50. The molecule has 1 unspecified atom stereocenters. The molecule has 0 N–H and O–H groups in total. The largest absolute Gasteiger partial charge is 0.469 e. The molecule has 2 heterocycles. The van der Waals surface area contributed by atoms with Crippen LogP contribution in [0.15, 0.2) is 12.2 Å². The van der Waals surface area contributed by atoms with Gasteiger partial charge in [0, 0.05) is 33.6 Å². The van der Waals surface area contributed by atoms with E-state index < -0.39 is 66.3 Å². The Morgan fingerprint density at radius 2 is 1.64 bits per heavy atom. The van der Waals surface area contributed by atoms with Gasteiger partial charge in [0.25, 0.3) is 0 Å². The lowest BCUT2D eigenvalue weighted by molar-refractivity contribution is -0.232. The number of ether oxygens (including phenoxy) is 7. The number of methoxy groups -OCH3 is 1. The summed E-state index contributed by atoms with van der Waals surface area (Å²) in [7, 11) is 1.30. The maximum Gasteiger partial charge on any atom is 0.309 e. The predicted molar refractivity (Wildman–Crippen MR) is 122 cm³/mol. The molecule has 202 valence electrons. The molecule has 6 atom stereocenters. The van der Waals surface area contributed by atoms with Gasteiger partial charge in [0.05, 0.1) is 13.5 Å². The predicted octanol–water partition coefficient (Wildman–Crippen LogP) is 2.13.